The minimum atomic E-state index is 0.891. The van der Waals surface area contributed by atoms with Crippen LogP contribution in [0.5, 0.6) is 0 Å². The fourth-order valence-electron chi connectivity index (χ4n) is 5.32. The Morgan fingerprint density at radius 2 is 1.40 bits per heavy atom. The molecule has 0 aliphatic heterocycles. The second kappa shape index (κ2) is 7.32. The van der Waals surface area contributed by atoms with E-state index in [-0.39, 0.29) is 0 Å². The van der Waals surface area contributed by atoms with E-state index in [1.807, 2.05) is 0 Å². The molecule has 6 atom stereocenters. The normalized spacial score (nSPS) is 44.1. The van der Waals surface area contributed by atoms with Crippen LogP contribution < -0.4 is 0 Å². The molecule has 0 aromatic carbocycles. The largest absolute Gasteiger partial charge is 0.0625 e. The summed E-state index contributed by atoms with van der Waals surface area (Å²) in [4.78, 5) is 0. The molecule has 0 nitrogen and oxygen atoms in total. The fourth-order valence-corrected chi connectivity index (χ4v) is 5.32. The molecule has 0 heterocycles. The molecule has 0 heteroatoms. The van der Waals surface area contributed by atoms with Crippen LogP contribution in [0.3, 0.4) is 0 Å². The van der Waals surface area contributed by atoms with Gasteiger partial charge in [-0.25, -0.2) is 0 Å². The Morgan fingerprint density at radius 3 is 2.10 bits per heavy atom. The Hall–Kier alpha value is 0. The Kier molecular flexibility index (Phi) is 5.99. The number of fused-ring (bicyclic) bond motifs is 1. The fraction of sp³-hybridized carbons (Fsp3) is 1.00. The molecule has 0 saturated heterocycles. The zero-order valence-electron chi connectivity index (χ0n) is 14.7. The summed E-state index contributed by atoms with van der Waals surface area (Å²) in [7, 11) is 0. The molecule has 2 fully saturated rings. The molecule has 0 N–H and O–H groups in total. The Bertz CT molecular complexity index is 280. The van der Waals surface area contributed by atoms with Crippen LogP contribution >= 0.6 is 0 Å². The van der Waals surface area contributed by atoms with Gasteiger partial charge in [0.25, 0.3) is 0 Å². The average molecular weight is 279 g/mol. The van der Waals surface area contributed by atoms with E-state index in [0.717, 1.165) is 41.4 Å². The van der Waals surface area contributed by atoms with Crippen LogP contribution in [0.15, 0.2) is 0 Å². The van der Waals surface area contributed by atoms with Crippen LogP contribution in [-0.4, -0.2) is 0 Å². The van der Waals surface area contributed by atoms with Crippen molar-refractivity contribution in [1.82, 2.24) is 0 Å². The highest BCUT2D eigenvalue weighted by Crippen LogP contribution is 2.48. The van der Waals surface area contributed by atoms with Crippen LogP contribution in [0.2, 0.25) is 0 Å². The molecule has 0 amide bonds. The second-order valence-electron chi connectivity index (χ2n) is 8.74. The van der Waals surface area contributed by atoms with E-state index in [1.165, 1.54) is 51.4 Å². The summed E-state index contributed by atoms with van der Waals surface area (Å²) < 4.78 is 0. The maximum atomic E-state index is 2.55. The van der Waals surface area contributed by atoms with Crippen molar-refractivity contribution in [2.75, 3.05) is 0 Å². The van der Waals surface area contributed by atoms with Crippen LogP contribution in [0, 0.1) is 41.4 Å². The molecule has 0 spiro atoms. The molecule has 0 aromatic rings. The predicted octanol–water partition coefficient (Wildman–Crippen LogP) is 6.55. The lowest BCUT2D eigenvalue weighted by Crippen LogP contribution is -2.37. The number of hydrogen-bond donors (Lipinski definition) is 0. The molecule has 2 rings (SSSR count). The second-order valence-corrected chi connectivity index (χ2v) is 8.74. The third kappa shape index (κ3) is 4.01. The van der Waals surface area contributed by atoms with Crippen LogP contribution in [0.1, 0.15) is 86.0 Å². The van der Waals surface area contributed by atoms with Crippen molar-refractivity contribution < 1.29 is 0 Å². The van der Waals surface area contributed by atoms with Gasteiger partial charge in [-0.05, 0) is 60.7 Å². The summed E-state index contributed by atoms with van der Waals surface area (Å²) in [5, 5.41) is 0. The molecule has 0 aromatic heterocycles. The van der Waals surface area contributed by atoms with E-state index in [0.29, 0.717) is 0 Å². The standard InChI is InChI=1S/C20H38/c1-14(2)18-12-10-17(5)19-11-9-15(3)7-6-8-16(4)13-20(18)19/h14-20H,6-13H2,1-5H3/t15?,16?,17?,18?,19-,20+/m0/s1. The smallest absolute Gasteiger partial charge is 0.0350 e. The first-order chi connectivity index (χ1) is 9.49. The molecule has 0 radical (unpaired) electrons. The maximum Gasteiger partial charge on any atom is -0.0350 e. The van der Waals surface area contributed by atoms with Crippen molar-refractivity contribution in [3.8, 4) is 0 Å². The van der Waals surface area contributed by atoms with Gasteiger partial charge in [0.2, 0.25) is 0 Å². The van der Waals surface area contributed by atoms with Gasteiger partial charge in [-0.15, -0.1) is 0 Å². The average Bonchev–Trinajstić information content (AvgIpc) is 2.37. The quantitative estimate of drug-likeness (QED) is 0.510. The highest BCUT2D eigenvalue weighted by Gasteiger charge is 2.39. The van der Waals surface area contributed by atoms with Crippen LogP contribution in [0.25, 0.3) is 0 Å². The van der Waals surface area contributed by atoms with Crippen LogP contribution in [-0.2, 0) is 0 Å². The topological polar surface area (TPSA) is 0 Å². The lowest BCUT2D eigenvalue weighted by Gasteiger charge is -2.46. The highest BCUT2D eigenvalue weighted by atomic mass is 14.4. The van der Waals surface area contributed by atoms with Gasteiger partial charge in [0, 0.05) is 0 Å². The SMILES string of the molecule is CC1CCCC(C)C[C@@H]2C(C(C)C)CCC(C)[C@@H]2CC1. The number of hydrogen-bond acceptors (Lipinski definition) is 0. The first kappa shape index (κ1) is 16.4. The molecule has 2 aliphatic rings. The van der Waals surface area contributed by atoms with Gasteiger partial charge in [-0.2, -0.15) is 0 Å². The van der Waals surface area contributed by atoms with Crippen molar-refractivity contribution in [1.29, 1.82) is 0 Å². The summed E-state index contributed by atoms with van der Waals surface area (Å²) in [5.41, 5.74) is 0. The lowest BCUT2D eigenvalue weighted by atomic mass is 9.60. The maximum absolute atomic E-state index is 2.55. The molecule has 118 valence electrons. The van der Waals surface area contributed by atoms with Gasteiger partial charge >= 0.3 is 0 Å². The van der Waals surface area contributed by atoms with E-state index in [1.54, 1.807) is 0 Å². The van der Waals surface area contributed by atoms with Gasteiger partial charge in [-0.3, -0.25) is 0 Å². The molecule has 20 heavy (non-hydrogen) atoms. The van der Waals surface area contributed by atoms with Gasteiger partial charge in [0.05, 0.1) is 0 Å². The molecule has 4 unspecified atom stereocenters. The van der Waals surface area contributed by atoms with E-state index in [9.17, 15) is 0 Å². The van der Waals surface area contributed by atoms with E-state index in [2.05, 4.69) is 34.6 Å². The third-order valence-corrected chi connectivity index (χ3v) is 6.70. The number of rotatable bonds is 1. The predicted molar refractivity (Wildman–Crippen MR) is 89.7 cm³/mol. The molecule has 2 aliphatic carbocycles. The minimum Gasteiger partial charge on any atom is -0.0625 e. The van der Waals surface area contributed by atoms with E-state index >= 15 is 0 Å². The van der Waals surface area contributed by atoms with E-state index < -0.39 is 0 Å². The zero-order valence-corrected chi connectivity index (χ0v) is 14.7. The van der Waals surface area contributed by atoms with Gasteiger partial charge in [0.15, 0.2) is 0 Å². The first-order valence-corrected chi connectivity index (χ1v) is 9.49. The van der Waals surface area contributed by atoms with Gasteiger partial charge in [0.1, 0.15) is 0 Å². The minimum absolute atomic E-state index is 0.891. The summed E-state index contributed by atoms with van der Waals surface area (Å²) in [5.74, 6) is 6.86. The highest BCUT2D eigenvalue weighted by molar-refractivity contribution is 4.88. The Labute approximate surface area is 128 Å². The van der Waals surface area contributed by atoms with Crippen LogP contribution in [0.4, 0.5) is 0 Å². The monoisotopic (exact) mass is 278 g/mol. The van der Waals surface area contributed by atoms with Crippen molar-refractivity contribution in [3.63, 3.8) is 0 Å². The summed E-state index contributed by atoms with van der Waals surface area (Å²) in [6.45, 7) is 12.5. The van der Waals surface area contributed by atoms with Crippen molar-refractivity contribution in [2.45, 2.75) is 86.0 Å². The Morgan fingerprint density at radius 1 is 0.700 bits per heavy atom. The van der Waals surface area contributed by atoms with Crippen molar-refractivity contribution in [2.24, 2.45) is 41.4 Å². The zero-order chi connectivity index (χ0) is 14.7. The summed E-state index contributed by atoms with van der Waals surface area (Å²) >= 11 is 0. The molecule has 0 bridgehead atoms. The Balaban J connectivity index is 2.14. The van der Waals surface area contributed by atoms with Crippen molar-refractivity contribution in [3.05, 3.63) is 0 Å². The molecular formula is C20H38. The first-order valence-electron chi connectivity index (χ1n) is 9.49. The van der Waals surface area contributed by atoms with Gasteiger partial charge in [-0.1, -0.05) is 66.7 Å². The summed E-state index contributed by atoms with van der Waals surface area (Å²) in [6, 6.07) is 0. The van der Waals surface area contributed by atoms with Gasteiger partial charge < -0.3 is 0 Å². The van der Waals surface area contributed by atoms with E-state index in [4.69, 9.17) is 0 Å². The van der Waals surface area contributed by atoms with Crippen molar-refractivity contribution >= 4 is 0 Å². The lowest BCUT2D eigenvalue weighted by molar-refractivity contribution is 0.0392. The third-order valence-electron chi connectivity index (χ3n) is 6.70. The summed E-state index contributed by atoms with van der Waals surface area (Å²) in [6.07, 6.45) is 12.0. The molecular weight excluding hydrogens is 240 g/mol. The molecule has 2 saturated carbocycles.